The molecular weight excluding hydrogens is 719 g/mol. The van der Waals surface area contributed by atoms with Crippen molar-refractivity contribution in [2.45, 2.75) is 93.2 Å². The minimum absolute atomic E-state index is 0.206. The predicted molar refractivity (Wildman–Crippen MR) is 215 cm³/mol. The molecule has 48 heavy (non-hydrogen) atoms. The van der Waals surface area contributed by atoms with Gasteiger partial charge in [0, 0.05) is 9.52 Å². The Morgan fingerprint density at radius 3 is 1.08 bits per heavy atom. The standard InChI is InChI=1S/2C21H23.C2H6Si.2ClH.Zr/c2*1-14-13-17-7-6-8-19(20(17)15(14)2)16-9-11-18(12-10-16)21(3,4)5;1-3-2;;;/h2*6-13H,1-5H3;1-2H3;2*1H;/q2*-1;;;;+4/p-2. The van der Waals surface area contributed by atoms with Crippen LogP contribution in [-0.2, 0) is 31.7 Å². The van der Waals surface area contributed by atoms with Crippen molar-refractivity contribution < 1.29 is 20.8 Å². The summed E-state index contributed by atoms with van der Waals surface area (Å²) in [7, 11) is 11.0. The van der Waals surface area contributed by atoms with E-state index in [1.54, 1.807) is 0 Å². The topological polar surface area (TPSA) is 0 Å². The second kappa shape index (κ2) is 17.6. The fourth-order valence-corrected chi connectivity index (χ4v) is 6.08. The molecule has 0 unspecified atom stereocenters. The number of halogens is 2. The molecule has 0 spiro atoms. The van der Waals surface area contributed by atoms with Gasteiger partial charge in [-0.15, -0.1) is 69.1 Å². The molecule has 0 nitrogen and oxygen atoms in total. The van der Waals surface area contributed by atoms with Gasteiger partial charge in [-0.3, -0.25) is 0 Å². The number of benzene rings is 4. The molecular formula is C44H52Cl2SiZr. The fraction of sp³-hybridized carbons (Fsp3) is 0.318. The summed E-state index contributed by atoms with van der Waals surface area (Å²) in [5.41, 5.74) is 14.0. The maximum atomic E-state index is 4.93. The molecule has 0 amide bonds. The van der Waals surface area contributed by atoms with E-state index >= 15 is 0 Å². The normalized spacial score (nSPS) is 11.1. The van der Waals surface area contributed by atoms with Crippen LogP contribution in [0.2, 0.25) is 13.1 Å². The molecule has 2 radical (unpaired) electrons. The molecule has 4 heteroatoms. The maximum absolute atomic E-state index is 4.93. The molecule has 0 saturated carbocycles. The predicted octanol–water partition coefficient (Wildman–Crippen LogP) is 14.4. The fourth-order valence-electron chi connectivity index (χ4n) is 6.08. The number of rotatable bonds is 2. The van der Waals surface area contributed by atoms with Crippen LogP contribution >= 0.6 is 17.0 Å². The molecule has 6 aromatic carbocycles. The molecule has 0 bridgehead atoms. The Kier molecular flexibility index (Phi) is 14.8. The molecule has 0 atom stereocenters. The second-order valence-corrected chi connectivity index (χ2v) is 19.4. The first-order chi connectivity index (χ1) is 22.6. The van der Waals surface area contributed by atoms with Crippen LogP contribution in [0, 0.1) is 27.7 Å². The van der Waals surface area contributed by atoms with Gasteiger partial charge in [0.05, 0.1) is 0 Å². The van der Waals surface area contributed by atoms with Gasteiger partial charge < -0.3 is 0 Å². The molecule has 6 aromatic rings. The van der Waals surface area contributed by atoms with Crippen LogP contribution in [0.15, 0.2) is 97.1 Å². The van der Waals surface area contributed by atoms with Crippen molar-refractivity contribution in [3.63, 3.8) is 0 Å². The van der Waals surface area contributed by atoms with Gasteiger partial charge in [-0.1, -0.05) is 154 Å². The summed E-state index contributed by atoms with van der Waals surface area (Å²) in [6.07, 6.45) is 0. The van der Waals surface area contributed by atoms with E-state index in [2.05, 4.69) is 179 Å². The van der Waals surface area contributed by atoms with Crippen molar-refractivity contribution in [1.29, 1.82) is 0 Å². The molecule has 0 N–H and O–H groups in total. The van der Waals surface area contributed by atoms with E-state index in [1.165, 1.54) is 77.2 Å². The van der Waals surface area contributed by atoms with Crippen LogP contribution in [0.1, 0.15) is 74.9 Å². The zero-order valence-electron chi connectivity index (χ0n) is 31.0. The third kappa shape index (κ3) is 9.94. The zero-order chi connectivity index (χ0) is 35.8. The molecule has 0 aliphatic carbocycles. The van der Waals surface area contributed by atoms with Gasteiger partial charge in [0.15, 0.2) is 0 Å². The molecule has 0 saturated heterocycles. The zero-order valence-corrected chi connectivity index (χ0v) is 36.0. The summed E-state index contributed by atoms with van der Waals surface area (Å²) in [5, 5.41) is 5.50. The second-order valence-electron chi connectivity index (χ2n) is 14.7. The summed E-state index contributed by atoms with van der Waals surface area (Å²) in [6, 6.07) is 35.9. The van der Waals surface area contributed by atoms with Crippen molar-refractivity contribution in [2.75, 3.05) is 0 Å². The van der Waals surface area contributed by atoms with E-state index in [4.69, 9.17) is 17.0 Å². The van der Waals surface area contributed by atoms with Crippen LogP contribution in [0.5, 0.6) is 0 Å². The van der Waals surface area contributed by atoms with Gasteiger partial charge in [0.2, 0.25) is 0 Å². The Morgan fingerprint density at radius 1 is 0.521 bits per heavy atom. The summed E-state index contributed by atoms with van der Waals surface area (Å²) in [5.74, 6) is 0. The Morgan fingerprint density at radius 2 is 0.812 bits per heavy atom. The van der Waals surface area contributed by atoms with Gasteiger partial charge in [0.1, 0.15) is 0 Å². The van der Waals surface area contributed by atoms with Crippen LogP contribution in [0.4, 0.5) is 0 Å². The van der Waals surface area contributed by atoms with E-state index < -0.39 is 20.8 Å². The van der Waals surface area contributed by atoms with E-state index in [0.717, 1.165) is 9.52 Å². The van der Waals surface area contributed by atoms with Crippen molar-refractivity contribution in [3.8, 4) is 22.3 Å². The molecule has 6 rings (SSSR count). The van der Waals surface area contributed by atoms with E-state index in [1.807, 2.05) is 0 Å². The Hall–Kier alpha value is -2.22. The molecule has 0 aromatic heterocycles. The Bertz CT molecular complexity index is 1750. The van der Waals surface area contributed by atoms with E-state index in [0.29, 0.717) is 0 Å². The van der Waals surface area contributed by atoms with Gasteiger partial charge in [-0.05, 0) is 33.1 Å². The van der Waals surface area contributed by atoms with Crippen molar-refractivity contribution >= 4 is 48.1 Å². The molecule has 250 valence electrons. The summed E-state index contributed by atoms with van der Waals surface area (Å²) >= 11 is -0.826. The summed E-state index contributed by atoms with van der Waals surface area (Å²) in [6.45, 7) is 26.7. The number of hydrogen-bond donors (Lipinski definition) is 0. The van der Waals surface area contributed by atoms with E-state index in [9.17, 15) is 0 Å². The van der Waals surface area contributed by atoms with Crippen LogP contribution in [0.3, 0.4) is 0 Å². The van der Waals surface area contributed by atoms with Crippen LogP contribution in [0.25, 0.3) is 43.8 Å². The van der Waals surface area contributed by atoms with Gasteiger partial charge in [0.25, 0.3) is 0 Å². The monoisotopic (exact) mass is 768 g/mol. The van der Waals surface area contributed by atoms with Gasteiger partial charge in [-0.25, -0.2) is 0 Å². The molecule has 0 aliphatic heterocycles. The molecule has 0 fully saturated rings. The first kappa shape index (κ1) is 40.2. The molecule has 0 aliphatic rings. The third-order valence-corrected chi connectivity index (χ3v) is 8.99. The SMILES string of the molecule is C[Si]C.Cc1[cH-]c2cccc(-c3ccc(C(C)(C)C)cc3)c2c1C.Cc1[cH-]c2cccc(-c3ccc(C(C)(C)C)cc3)c2c1C.[Cl][Zr+2][Cl]. The third-order valence-electron chi connectivity index (χ3n) is 8.99. The van der Waals surface area contributed by atoms with Crippen molar-refractivity contribution in [2.24, 2.45) is 0 Å². The summed E-state index contributed by atoms with van der Waals surface area (Å²) in [4.78, 5) is 0. The number of fused-ring (bicyclic) bond motifs is 2. The van der Waals surface area contributed by atoms with Crippen LogP contribution < -0.4 is 0 Å². The van der Waals surface area contributed by atoms with E-state index in [-0.39, 0.29) is 10.8 Å². The first-order valence-electron chi connectivity index (χ1n) is 16.7. The quantitative estimate of drug-likeness (QED) is 0.122. The van der Waals surface area contributed by atoms with Crippen LogP contribution in [-0.4, -0.2) is 9.52 Å². The van der Waals surface area contributed by atoms with Crippen molar-refractivity contribution in [1.82, 2.24) is 0 Å². The average Bonchev–Trinajstić information content (AvgIpc) is 3.50. The van der Waals surface area contributed by atoms with Gasteiger partial charge >= 0.3 is 37.9 Å². The Balaban J connectivity index is 0.000000224. The van der Waals surface area contributed by atoms with Crippen molar-refractivity contribution in [3.05, 3.63) is 130 Å². The minimum atomic E-state index is -0.826. The summed E-state index contributed by atoms with van der Waals surface area (Å²) < 4.78 is 0. The Labute approximate surface area is 312 Å². The molecule has 0 heterocycles. The number of hydrogen-bond acceptors (Lipinski definition) is 0. The van der Waals surface area contributed by atoms with Gasteiger partial charge in [-0.2, -0.15) is 11.1 Å². The average molecular weight is 771 g/mol. The first-order valence-corrected chi connectivity index (χ1v) is 25.0. The number of aryl methyl sites for hydroxylation is 4.